The van der Waals surface area contributed by atoms with Crippen molar-refractivity contribution in [3.05, 3.63) is 40.6 Å². The Morgan fingerprint density at radius 3 is 2.65 bits per heavy atom. The second-order valence-electron chi connectivity index (χ2n) is 6.84. The molecule has 0 spiro atoms. The lowest BCUT2D eigenvalue weighted by Crippen LogP contribution is -2.39. The molecule has 26 heavy (non-hydrogen) atoms. The molecule has 142 valence electrons. The molecule has 2 aromatic rings. The molecule has 0 amide bonds. The quantitative estimate of drug-likeness (QED) is 0.573. The van der Waals surface area contributed by atoms with E-state index in [1.807, 2.05) is 12.1 Å². The summed E-state index contributed by atoms with van der Waals surface area (Å²) in [7, 11) is 5.91. The van der Waals surface area contributed by atoms with Crippen molar-refractivity contribution in [1.29, 1.82) is 0 Å². The minimum atomic E-state index is 0.131. The first-order valence-corrected chi connectivity index (χ1v) is 10.3. The predicted octanol–water partition coefficient (Wildman–Crippen LogP) is 4.68. The van der Waals surface area contributed by atoms with Gasteiger partial charge in [0.05, 0.1) is 7.11 Å². The average Bonchev–Trinajstić information content (AvgIpc) is 2.60. The molecule has 0 bridgehead atoms. The number of nitrogens with zero attached hydrogens (tertiary/aromatic N) is 3. The summed E-state index contributed by atoms with van der Waals surface area (Å²) >= 11 is 5.18. The van der Waals surface area contributed by atoms with Gasteiger partial charge in [-0.25, -0.2) is 9.97 Å². The number of anilines is 1. The third-order valence-electron chi connectivity index (χ3n) is 4.51. The molecule has 0 saturated carbocycles. The Morgan fingerprint density at radius 2 is 1.96 bits per heavy atom. The number of ether oxygens (including phenoxy) is 1. The molecule has 1 N–H and O–H groups in total. The highest BCUT2D eigenvalue weighted by molar-refractivity contribution is 9.10. The van der Waals surface area contributed by atoms with Crippen LogP contribution in [0.1, 0.15) is 25.8 Å². The monoisotopic (exact) mass is 438 g/mol. The predicted molar refractivity (Wildman–Crippen MR) is 113 cm³/mol. The van der Waals surface area contributed by atoms with Crippen molar-refractivity contribution in [2.24, 2.45) is 0 Å². The average molecular weight is 439 g/mol. The van der Waals surface area contributed by atoms with Crippen LogP contribution in [-0.4, -0.2) is 48.2 Å². The molecule has 1 heterocycles. The SMILES string of the molecule is COc1ccc(Br)cc1CSc1nccnc1NCCC(C)(C)N(C)C. The Bertz CT molecular complexity index is 724. The van der Waals surface area contributed by atoms with Gasteiger partial charge in [0.2, 0.25) is 0 Å². The van der Waals surface area contributed by atoms with Gasteiger partial charge in [0.1, 0.15) is 10.8 Å². The first-order valence-electron chi connectivity index (χ1n) is 8.51. The molecule has 0 fully saturated rings. The molecule has 7 heteroatoms. The number of rotatable bonds is 9. The van der Waals surface area contributed by atoms with Gasteiger partial charge < -0.3 is 15.0 Å². The summed E-state index contributed by atoms with van der Waals surface area (Å²) in [6.45, 7) is 5.32. The van der Waals surface area contributed by atoms with Crippen LogP contribution < -0.4 is 10.1 Å². The fraction of sp³-hybridized carbons (Fsp3) is 0.474. The Morgan fingerprint density at radius 1 is 1.23 bits per heavy atom. The van der Waals surface area contributed by atoms with E-state index >= 15 is 0 Å². The van der Waals surface area contributed by atoms with Gasteiger partial charge in [-0.1, -0.05) is 27.7 Å². The summed E-state index contributed by atoms with van der Waals surface area (Å²) < 4.78 is 6.49. The van der Waals surface area contributed by atoms with Crippen molar-refractivity contribution in [3.8, 4) is 5.75 Å². The molecule has 0 radical (unpaired) electrons. The van der Waals surface area contributed by atoms with Gasteiger partial charge in [-0.05, 0) is 52.6 Å². The van der Waals surface area contributed by atoms with Gasteiger partial charge >= 0.3 is 0 Å². The number of methoxy groups -OCH3 is 1. The van der Waals surface area contributed by atoms with Crippen LogP contribution in [0, 0.1) is 0 Å². The second-order valence-corrected chi connectivity index (χ2v) is 8.72. The Labute approximate surface area is 169 Å². The van der Waals surface area contributed by atoms with Crippen LogP contribution in [0.3, 0.4) is 0 Å². The lowest BCUT2D eigenvalue weighted by atomic mass is 9.99. The van der Waals surface area contributed by atoms with Crippen molar-refractivity contribution in [1.82, 2.24) is 14.9 Å². The highest BCUT2D eigenvalue weighted by Gasteiger charge is 2.20. The summed E-state index contributed by atoms with van der Waals surface area (Å²) in [5.41, 5.74) is 1.25. The molecular formula is C19H27BrN4OS. The highest BCUT2D eigenvalue weighted by atomic mass is 79.9. The third-order valence-corrected chi connectivity index (χ3v) is 6.03. The maximum Gasteiger partial charge on any atom is 0.158 e. The fourth-order valence-corrected chi connectivity index (χ4v) is 3.59. The van der Waals surface area contributed by atoms with Crippen molar-refractivity contribution in [2.75, 3.05) is 33.1 Å². The van der Waals surface area contributed by atoms with Gasteiger partial charge in [0.25, 0.3) is 0 Å². The van der Waals surface area contributed by atoms with Gasteiger partial charge in [-0.3, -0.25) is 0 Å². The van der Waals surface area contributed by atoms with Crippen LogP contribution in [0.15, 0.2) is 40.1 Å². The summed E-state index contributed by atoms with van der Waals surface area (Å²) in [6, 6.07) is 6.03. The Balaban J connectivity index is 2.02. The number of thioether (sulfide) groups is 1. The molecule has 0 aliphatic carbocycles. The maximum absolute atomic E-state index is 5.45. The largest absolute Gasteiger partial charge is 0.496 e. The topological polar surface area (TPSA) is 50.3 Å². The van der Waals surface area contributed by atoms with Crippen LogP contribution in [0.5, 0.6) is 5.75 Å². The summed E-state index contributed by atoms with van der Waals surface area (Å²) in [5.74, 6) is 2.48. The summed E-state index contributed by atoms with van der Waals surface area (Å²) in [6.07, 6.45) is 4.47. The number of halogens is 1. The van der Waals surface area contributed by atoms with Gasteiger partial charge in [0.15, 0.2) is 5.82 Å². The number of hydrogen-bond donors (Lipinski definition) is 1. The molecule has 0 aliphatic heterocycles. The molecule has 1 aromatic carbocycles. The molecule has 0 saturated heterocycles. The van der Waals surface area contributed by atoms with E-state index in [4.69, 9.17) is 4.74 Å². The lowest BCUT2D eigenvalue weighted by Gasteiger charge is -2.32. The van der Waals surface area contributed by atoms with Crippen molar-refractivity contribution >= 4 is 33.5 Å². The zero-order chi connectivity index (χ0) is 19.2. The molecule has 0 atom stereocenters. The van der Waals surface area contributed by atoms with E-state index in [9.17, 15) is 0 Å². The zero-order valence-corrected chi connectivity index (χ0v) is 18.4. The number of benzene rings is 1. The Hall–Kier alpha value is -1.31. The smallest absolute Gasteiger partial charge is 0.158 e. The highest BCUT2D eigenvalue weighted by Crippen LogP contribution is 2.31. The van der Waals surface area contributed by atoms with E-state index in [0.29, 0.717) is 0 Å². The van der Waals surface area contributed by atoms with Crippen LogP contribution in [0.4, 0.5) is 5.82 Å². The number of hydrogen-bond acceptors (Lipinski definition) is 6. The van der Waals surface area contributed by atoms with Crippen LogP contribution in [0.2, 0.25) is 0 Å². The van der Waals surface area contributed by atoms with E-state index in [1.54, 1.807) is 31.3 Å². The molecule has 0 aliphatic rings. The van der Waals surface area contributed by atoms with E-state index in [1.165, 1.54) is 0 Å². The first-order chi connectivity index (χ1) is 12.3. The van der Waals surface area contributed by atoms with E-state index < -0.39 is 0 Å². The Kier molecular flexibility index (Phi) is 7.73. The van der Waals surface area contributed by atoms with Gasteiger partial charge in [-0.2, -0.15) is 0 Å². The molecule has 1 aromatic heterocycles. The first kappa shape index (κ1) is 21.0. The molecule has 5 nitrogen and oxygen atoms in total. The third kappa shape index (κ3) is 5.86. The van der Waals surface area contributed by atoms with Gasteiger partial charge in [-0.15, -0.1) is 0 Å². The van der Waals surface area contributed by atoms with E-state index in [0.717, 1.165) is 45.3 Å². The van der Waals surface area contributed by atoms with Gasteiger partial charge in [0, 0.05) is 40.3 Å². The van der Waals surface area contributed by atoms with Crippen LogP contribution >= 0.6 is 27.7 Å². The normalized spacial score (nSPS) is 11.7. The lowest BCUT2D eigenvalue weighted by molar-refractivity contribution is 0.187. The minimum absolute atomic E-state index is 0.131. The summed E-state index contributed by atoms with van der Waals surface area (Å²) in [5, 5.41) is 4.34. The molecule has 0 unspecified atom stereocenters. The number of nitrogens with one attached hydrogen (secondary N) is 1. The summed E-state index contributed by atoms with van der Waals surface area (Å²) in [4.78, 5) is 11.2. The van der Waals surface area contributed by atoms with E-state index in [-0.39, 0.29) is 5.54 Å². The molecule has 2 rings (SSSR count). The van der Waals surface area contributed by atoms with Crippen LogP contribution in [0.25, 0.3) is 0 Å². The molecular weight excluding hydrogens is 412 g/mol. The second kappa shape index (κ2) is 9.58. The van der Waals surface area contributed by atoms with Crippen LogP contribution in [-0.2, 0) is 5.75 Å². The van der Waals surface area contributed by atoms with Crippen molar-refractivity contribution < 1.29 is 4.74 Å². The maximum atomic E-state index is 5.45. The fourth-order valence-electron chi connectivity index (χ4n) is 2.27. The van der Waals surface area contributed by atoms with Crippen molar-refractivity contribution in [2.45, 2.75) is 36.6 Å². The van der Waals surface area contributed by atoms with E-state index in [2.05, 4.69) is 70.1 Å². The number of aromatic nitrogens is 2. The zero-order valence-electron chi connectivity index (χ0n) is 16.0. The minimum Gasteiger partial charge on any atom is -0.496 e. The van der Waals surface area contributed by atoms with Crippen molar-refractivity contribution in [3.63, 3.8) is 0 Å². The standard InChI is InChI=1S/C19H27BrN4OS/c1-19(2,24(3)4)8-9-21-17-18(23-11-10-22-17)26-13-14-12-15(20)6-7-16(14)25-5/h6-7,10-12H,8-9,13H2,1-5H3,(H,21,22).